The first-order chi connectivity index (χ1) is 18.2. The Morgan fingerprint density at radius 2 is 2.00 bits per heavy atom. The van der Waals surface area contributed by atoms with Gasteiger partial charge in [0.1, 0.15) is 17.5 Å². The van der Waals surface area contributed by atoms with Crippen molar-refractivity contribution in [2.75, 3.05) is 55.7 Å². The number of aromatic amines is 1. The van der Waals surface area contributed by atoms with E-state index < -0.39 is 17.3 Å². The zero-order valence-corrected chi connectivity index (χ0v) is 21.1. The Balaban J connectivity index is 1.23. The molecule has 13 heteroatoms. The van der Waals surface area contributed by atoms with Crippen molar-refractivity contribution in [3.63, 3.8) is 0 Å². The molecule has 38 heavy (non-hydrogen) atoms. The minimum absolute atomic E-state index is 0.0351. The van der Waals surface area contributed by atoms with Crippen LogP contribution in [0, 0.1) is 17.2 Å². The standard InChI is InChI=1S/C25H30F3N7O3/c1-17(24(37)34-10-8-33(9-11-34)21-5-4-18(13-29)14-30-21)6-12-38-16-19-3-2-7-35(19)20-15-31-32-23(36)22(20)25(26,27)28/h4-5,14-15,17,19H,2-3,6-12,16H2,1H3,(H,32,36)/t17-,19-/m0/s1. The van der Waals surface area contributed by atoms with Gasteiger partial charge >= 0.3 is 6.18 Å². The number of alkyl halides is 3. The summed E-state index contributed by atoms with van der Waals surface area (Å²) in [6.45, 7) is 5.13. The summed E-state index contributed by atoms with van der Waals surface area (Å²) in [5, 5.41) is 14.3. The fourth-order valence-corrected chi connectivity index (χ4v) is 4.92. The van der Waals surface area contributed by atoms with Crippen molar-refractivity contribution in [1.29, 1.82) is 5.26 Å². The van der Waals surface area contributed by atoms with Crippen molar-refractivity contribution in [3.8, 4) is 6.07 Å². The van der Waals surface area contributed by atoms with E-state index in [4.69, 9.17) is 10.00 Å². The lowest BCUT2D eigenvalue weighted by Crippen LogP contribution is -2.50. The fraction of sp³-hybridized carbons (Fsp3) is 0.560. The Morgan fingerprint density at radius 1 is 1.24 bits per heavy atom. The molecule has 2 aliphatic rings. The van der Waals surface area contributed by atoms with Gasteiger partial charge in [0, 0.05) is 51.4 Å². The van der Waals surface area contributed by atoms with Crippen LogP contribution in [0.15, 0.2) is 29.3 Å². The van der Waals surface area contributed by atoms with Gasteiger partial charge in [0.15, 0.2) is 0 Å². The molecule has 204 valence electrons. The molecule has 2 aliphatic heterocycles. The third kappa shape index (κ3) is 6.24. The van der Waals surface area contributed by atoms with Crippen molar-refractivity contribution >= 4 is 17.4 Å². The molecule has 0 spiro atoms. The zero-order chi connectivity index (χ0) is 27.3. The minimum Gasteiger partial charge on any atom is -0.379 e. The Labute approximate surface area is 218 Å². The normalized spacial score (nSPS) is 18.9. The van der Waals surface area contributed by atoms with E-state index in [0.717, 1.165) is 12.0 Å². The molecule has 4 rings (SSSR count). The molecule has 10 nitrogen and oxygen atoms in total. The lowest BCUT2D eigenvalue weighted by Gasteiger charge is -2.36. The number of rotatable bonds is 8. The molecule has 0 aromatic carbocycles. The molecule has 0 aliphatic carbocycles. The van der Waals surface area contributed by atoms with Crippen LogP contribution in [-0.2, 0) is 15.7 Å². The van der Waals surface area contributed by atoms with Gasteiger partial charge in [-0.2, -0.15) is 23.5 Å². The second kappa shape index (κ2) is 11.8. The number of H-pyrrole nitrogens is 1. The molecule has 1 amide bonds. The molecular weight excluding hydrogens is 503 g/mol. The molecule has 2 fully saturated rings. The maximum atomic E-state index is 13.5. The quantitative estimate of drug-likeness (QED) is 0.514. The maximum Gasteiger partial charge on any atom is 0.423 e. The van der Waals surface area contributed by atoms with Crippen LogP contribution in [0.4, 0.5) is 24.7 Å². The monoisotopic (exact) mass is 533 g/mol. The Morgan fingerprint density at radius 3 is 2.66 bits per heavy atom. The summed E-state index contributed by atoms with van der Waals surface area (Å²) in [7, 11) is 0. The molecule has 2 aromatic heterocycles. The summed E-state index contributed by atoms with van der Waals surface area (Å²) in [6, 6.07) is 5.26. The topological polar surface area (TPSA) is 118 Å². The summed E-state index contributed by atoms with van der Waals surface area (Å²) < 4.78 is 46.3. The molecule has 2 atom stereocenters. The van der Waals surface area contributed by atoms with Crippen LogP contribution in [0.3, 0.4) is 0 Å². The number of carbonyl (C=O) groups is 1. The van der Waals surface area contributed by atoms with Gasteiger partial charge in [0.25, 0.3) is 5.56 Å². The number of hydrogen-bond donors (Lipinski definition) is 1. The van der Waals surface area contributed by atoms with Crippen LogP contribution in [0.1, 0.15) is 37.3 Å². The highest BCUT2D eigenvalue weighted by Gasteiger charge is 2.40. The Bertz CT molecular complexity index is 1200. The minimum atomic E-state index is -4.79. The summed E-state index contributed by atoms with van der Waals surface area (Å²) in [5.74, 6) is 0.549. The van der Waals surface area contributed by atoms with Gasteiger partial charge in [0.2, 0.25) is 5.91 Å². The molecule has 0 unspecified atom stereocenters. The van der Waals surface area contributed by atoms with Gasteiger partial charge in [-0.15, -0.1) is 0 Å². The van der Waals surface area contributed by atoms with E-state index in [1.54, 1.807) is 17.0 Å². The number of nitrogens with zero attached hydrogens (tertiary/aromatic N) is 6. The molecule has 4 heterocycles. The van der Waals surface area contributed by atoms with Crippen molar-refractivity contribution in [1.82, 2.24) is 20.1 Å². The first kappa shape index (κ1) is 27.4. The number of hydrogen-bond acceptors (Lipinski definition) is 8. The maximum absolute atomic E-state index is 13.5. The molecule has 1 N–H and O–H groups in total. The van der Waals surface area contributed by atoms with Gasteiger partial charge < -0.3 is 19.4 Å². The van der Waals surface area contributed by atoms with Crippen LogP contribution < -0.4 is 15.4 Å². The number of nitriles is 1. The SMILES string of the molecule is C[C@@H](CCOC[C@@H]1CCCN1c1cn[nH]c(=O)c1C(F)(F)F)C(=O)N1CCN(c2ccc(C#N)cn2)CC1. The van der Waals surface area contributed by atoms with Crippen molar-refractivity contribution in [2.24, 2.45) is 5.92 Å². The highest BCUT2D eigenvalue weighted by molar-refractivity contribution is 5.78. The molecule has 0 bridgehead atoms. The number of anilines is 2. The van der Waals surface area contributed by atoms with E-state index in [0.29, 0.717) is 64.2 Å². The van der Waals surface area contributed by atoms with Crippen LogP contribution in [-0.4, -0.2) is 78.0 Å². The average molecular weight is 534 g/mol. The second-order valence-electron chi connectivity index (χ2n) is 9.54. The van der Waals surface area contributed by atoms with Gasteiger partial charge in [-0.05, 0) is 31.4 Å². The van der Waals surface area contributed by atoms with Crippen LogP contribution in [0.2, 0.25) is 0 Å². The summed E-state index contributed by atoms with van der Waals surface area (Å²) in [6.07, 6.45) is -0.414. The van der Waals surface area contributed by atoms with E-state index >= 15 is 0 Å². The summed E-state index contributed by atoms with van der Waals surface area (Å²) >= 11 is 0. The first-order valence-electron chi connectivity index (χ1n) is 12.6. The van der Waals surface area contributed by atoms with Gasteiger partial charge in [-0.3, -0.25) is 9.59 Å². The third-order valence-corrected chi connectivity index (χ3v) is 7.03. The van der Waals surface area contributed by atoms with E-state index in [1.165, 1.54) is 6.20 Å². The van der Waals surface area contributed by atoms with Gasteiger partial charge in [0.05, 0.1) is 30.1 Å². The van der Waals surface area contributed by atoms with E-state index in [9.17, 15) is 22.8 Å². The van der Waals surface area contributed by atoms with E-state index in [1.807, 2.05) is 23.0 Å². The fourth-order valence-electron chi connectivity index (χ4n) is 4.92. The van der Waals surface area contributed by atoms with Gasteiger partial charge in [-0.1, -0.05) is 6.92 Å². The number of aromatic nitrogens is 3. The largest absolute Gasteiger partial charge is 0.423 e. The molecule has 2 saturated heterocycles. The number of piperazine rings is 1. The average Bonchev–Trinajstić information content (AvgIpc) is 3.38. The summed E-state index contributed by atoms with van der Waals surface area (Å²) in [4.78, 5) is 34.5. The first-order valence-corrected chi connectivity index (χ1v) is 12.6. The highest BCUT2D eigenvalue weighted by Crippen LogP contribution is 2.36. The van der Waals surface area contributed by atoms with Crippen molar-refractivity contribution < 1.29 is 22.7 Å². The molecule has 2 aromatic rings. The number of amides is 1. The lowest BCUT2D eigenvalue weighted by molar-refractivity contribution is -0.138. The zero-order valence-electron chi connectivity index (χ0n) is 21.1. The van der Waals surface area contributed by atoms with Crippen LogP contribution >= 0.6 is 0 Å². The van der Waals surface area contributed by atoms with E-state index in [2.05, 4.69) is 15.0 Å². The van der Waals surface area contributed by atoms with Gasteiger partial charge in [-0.25, -0.2) is 10.1 Å². The Kier molecular flexibility index (Phi) is 8.51. The third-order valence-electron chi connectivity index (χ3n) is 7.03. The molecule has 0 radical (unpaired) electrons. The Hall–Kier alpha value is -3.66. The predicted octanol–water partition coefficient (Wildman–Crippen LogP) is 2.42. The number of carbonyl (C=O) groups excluding carboxylic acids is 1. The lowest BCUT2D eigenvalue weighted by atomic mass is 10.1. The van der Waals surface area contributed by atoms with Crippen molar-refractivity contribution in [2.45, 2.75) is 38.4 Å². The highest BCUT2D eigenvalue weighted by atomic mass is 19.4. The van der Waals surface area contributed by atoms with E-state index in [-0.39, 0.29) is 30.2 Å². The number of halogens is 3. The second-order valence-corrected chi connectivity index (χ2v) is 9.54. The van der Waals surface area contributed by atoms with Crippen molar-refractivity contribution in [3.05, 3.63) is 46.0 Å². The molecule has 0 saturated carbocycles. The number of nitrogens with one attached hydrogen (secondary N) is 1. The number of pyridine rings is 1. The number of ether oxygens (including phenoxy) is 1. The smallest absolute Gasteiger partial charge is 0.379 e. The van der Waals surface area contributed by atoms with Crippen LogP contribution in [0.5, 0.6) is 0 Å². The molecular formula is C25H30F3N7O3. The van der Waals surface area contributed by atoms with Crippen LogP contribution in [0.25, 0.3) is 0 Å². The predicted molar refractivity (Wildman–Crippen MR) is 133 cm³/mol. The summed E-state index contributed by atoms with van der Waals surface area (Å²) in [5.41, 5.74) is -2.24.